The van der Waals surface area contributed by atoms with E-state index in [1.807, 2.05) is 13.0 Å². The summed E-state index contributed by atoms with van der Waals surface area (Å²) in [5.41, 5.74) is 5.17. The fraction of sp³-hybridized carbons (Fsp3) is 0.520. The number of carboxylic acid groups (broad SMARTS) is 1. The molecular formula is C25H39N3O5S. The van der Waals surface area contributed by atoms with Gasteiger partial charge in [-0.2, -0.15) is 0 Å². The van der Waals surface area contributed by atoms with Crippen LogP contribution in [0.15, 0.2) is 45.5 Å². The standard InChI is InChI=1S/C25H39N3O5S/c1-17(2)20(5)11-10-18(3)8-7-9-19(4)12-13-34-16-22(25(32)33)28-24(31)15-27-23(30)14-26-21(6)29/h8,12,16H,7,9-11,13-15H2,1-6H3,(H,26,29)(H,27,30)(H,28,31)(H,32,33)/b18-8+,19-12+,22-16-. The second kappa shape index (κ2) is 17.6. The van der Waals surface area contributed by atoms with Crippen molar-refractivity contribution in [1.29, 1.82) is 0 Å². The van der Waals surface area contributed by atoms with Crippen LogP contribution < -0.4 is 16.0 Å². The van der Waals surface area contributed by atoms with E-state index >= 15 is 0 Å². The highest BCUT2D eigenvalue weighted by Gasteiger charge is 2.12. The van der Waals surface area contributed by atoms with Gasteiger partial charge >= 0.3 is 5.97 Å². The van der Waals surface area contributed by atoms with E-state index < -0.39 is 24.3 Å². The zero-order valence-electron chi connectivity index (χ0n) is 21.2. The smallest absolute Gasteiger partial charge is 0.352 e. The zero-order chi connectivity index (χ0) is 26.1. The number of carbonyl (C=O) groups excluding carboxylic acids is 3. The SMILES string of the molecule is CC(=O)NCC(=O)NCC(=O)N/C(=C\SC/C=C(\C)CC/C=C(\C)CCC(C)=C(C)C)C(=O)O. The van der Waals surface area contributed by atoms with Crippen molar-refractivity contribution in [3.63, 3.8) is 0 Å². The number of carbonyl (C=O) groups is 4. The minimum atomic E-state index is -1.27. The zero-order valence-corrected chi connectivity index (χ0v) is 22.0. The molecule has 34 heavy (non-hydrogen) atoms. The molecule has 0 atom stereocenters. The van der Waals surface area contributed by atoms with Gasteiger partial charge < -0.3 is 21.1 Å². The quantitative estimate of drug-likeness (QED) is 0.156. The second-order valence-corrected chi connectivity index (χ2v) is 9.23. The Morgan fingerprint density at radius 2 is 1.41 bits per heavy atom. The highest BCUT2D eigenvalue weighted by Crippen LogP contribution is 2.16. The van der Waals surface area contributed by atoms with Gasteiger partial charge in [0.15, 0.2) is 0 Å². The van der Waals surface area contributed by atoms with Gasteiger partial charge in [-0.25, -0.2) is 4.79 Å². The Morgan fingerprint density at radius 1 is 0.794 bits per heavy atom. The van der Waals surface area contributed by atoms with Crippen molar-refractivity contribution in [2.45, 2.75) is 67.2 Å². The molecule has 0 radical (unpaired) electrons. The van der Waals surface area contributed by atoms with Gasteiger partial charge in [0, 0.05) is 18.1 Å². The first-order chi connectivity index (χ1) is 15.9. The molecule has 0 aromatic carbocycles. The largest absolute Gasteiger partial charge is 0.477 e. The van der Waals surface area contributed by atoms with Gasteiger partial charge in [0.25, 0.3) is 0 Å². The number of thioether (sulfide) groups is 1. The Balaban J connectivity index is 4.45. The van der Waals surface area contributed by atoms with Crippen molar-refractivity contribution in [2.75, 3.05) is 18.8 Å². The third-order valence-corrected chi connectivity index (χ3v) is 5.72. The number of nitrogens with one attached hydrogen (secondary N) is 3. The van der Waals surface area contributed by atoms with Crippen LogP contribution in [0, 0.1) is 0 Å². The van der Waals surface area contributed by atoms with E-state index in [0.29, 0.717) is 5.75 Å². The van der Waals surface area contributed by atoms with Crippen molar-refractivity contribution in [3.8, 4) is 0 Å². The Morgan fingerprint density at radius 3 is 2.00 bits per heavy atom. The average molecular weight is 494 g/mol. The Kier molecular flexibility index (Phi) is 16.2. The van der Waals surface area contributed by atoms with E-state index in [0.717, 1.165) is 25.7 Å². The van der Waals surface area contributed by atoms with Gasteiger partial charge in [0.05, 0.1) is 13.1 Å². The summed E-state index contributed by atoms with van der Waals surface area (Å²) in [6.07, 6.45) is 8.38. The van der Waals surface area contributed by atoms with E-state index in [4.69, 9.17) is 0 Å². The van der Waals surface area contributed by atoms with Gasteiger partial charge in [-0.05, 0) is 60.3 Å². The first-order valence-corrected chi connectivity index (χ1v) is 12.3. The summed E-state index contributed by atoms with van der Waals surface area (Å²) in [4.78, 5) is 45.5. The van der Waals surface area contributed by atoms with Crippen LogP contribution in [0.25, 0.3) is 0 Å². The van der Waals surface area contributed by atoms with Crippen LogP contribution in [0.3, 0.4) is 0 Å². The van der Waals surface area contributed by atoms with E-state index in [2.05, 4.69) is 49.7 Å². The molecule has 9 heteroatoms. The maximum absolute atomic E-state index is 11.9. The van der Waals surface area contributed by atoms with Gasteiger partial charge in [0.1, 0.15) is 5.70 Å². The van der Waals surface area contributed by atoms with Crippen molar-refractivity contribution in [2.24, 2.45) is 0 Å². The molecular weight excluding hydrogens is 454 g/mol. The van der Waals surface area contributed by atoms with Crippen molar-refractivity contribution in [1.82, 2.24) is 16.0 Å². The molecule has 0 saturated carbocycles. The van der Waals surface area contributed by atoms with E-state index in [1.54, 1.807) is 0 Å². The molecule has 0 unspecified atom stereocenters. The summed E-state index contributed by atoms with van der Waals surface area (Å²) >= 11 is 1.26. The van der Waals surface area contributed by atoms with Crippen LogP contribution in [-0.4, -0.2) is 47.6 Å². The molecule has 0 aromatic rings. The highest BCUT2D eigenvalue weighted by atomic mass is 32.2. The maximum atomic E-state index is 11.9. The minimum Gasteiger partial charge on any atom is -0.477 e. The third-order valence-electron chi connectivity index (χ3n) is 4.96. The van der Waals surface area contributed by atoms with Crippen LogP contribution in [0.1, 0.15) is 67.2 Å². The molecule has 0 rings (SSSR count). The first-order valence-electron chi connectivity index (χ1n) is 11.2. The molecule has 0 saturated heterocycles. The number of amides is 3. The molecule has 0 fully saturated rings. The lowest BCUT2D eigenvalue weighted by Crippen LogP contribution is -2.42. The Hall–Kier alpha value is -2.81. The number of rotatable bonds is 15. The Bertz CT molecular complexity index is 853. The predicted molar refractivity (Wildman–Crippen MR) is 138 cm³/mol. The van der Waals surface area contributed by atoms with Gasteiger partial charge in [-0.3, -0.25) is 14.4 Å². The molecule has 0 heterocycles. The van der Waals surface area contributed by atoms with E-state index in [-0.39, 0.29) is 18.1 Å². The number of hydrogen-bond donors (Lipinski definition) is 4. The molecule has 0 aliphatic carbocycles. The molecule has 4 N–H and O–H groups in total. The lowest BCUT2D eigenvalue weighted by atomic mass is 10.0. The summed E-state index contributed by atoms with van der Waals surface area (Å²) in [6.45, 7) is 11.3. The van der Waals surface area contributed by atoms with Gasteiger partial charge in [0.2, 0.25) is 17.7 Å². The lowest BCUT2D eigenvalue weighted by Gasteiger charge is -2.08. The highest BCUT2D eigenvalue weighted by molar-refractivity contribution is 8.02. The lowest BCUT2D eigenvalue weighted by molar-refractivity contribution is -0.134. The average Bonchev–Trinajstić information content (AvgIpc) is 2.76. The summed E-state index contributed by atoms with van der Waals surface area (Å²) in [6, 6.07) is 0. The van der Waals surface area contributed by atoms with Crippen molar-refractivity contribution >= 4 is 35.5 Å². The van der Waals surface area contributed by atoms with Crippen LogP contribution in [0.2, 0.25) is 0 Å². The molecule has 0 bridgehead atoms. The molecule has 0 aliphatic rings. The summed E-state index contributed by atoms with van der Waals surface area (Å²) < 4.78 is 0. The first kappa shape index (κ1) is 31.2. The van der Waals surface area contributed by atoms with Crippen molar-refractivity contribution in [3.05, 3.63) is 45.5 Å². The van der Waals surface area contributed by atoms with Crippen LogP contribution in [0.5, 0.6) is 0 Å². The number of aliphatic carboxylic acids is 1. The van der Waals surface area contributed by atoms with Gasteiger partial charge in [-0.1, -0.05) is 34.4 Å². The molecule has 0 aliphatic heterocycles. The summed E-state index contributed by atoms with van der Waals surface area (Å²) in [7, 11) is 0. The van der Waals surface area contributed by atoms with Gasteiger partial charge in [-0.15, -0.1) is 11.8 Å². The predicted octanol–water partition coefficient (Wildman–Crippen LogP) is 3.82. The number of hydrogen-bond acceptors (Lipinski definition) is 5. The Labute approximate surface area is 207 Å². The normalized spacial score (nSPS) is 12.1. The summed E-state index contributed by atoms with van der Waals surface area (Å²) in [5, 5.41) is 17.5. The van der Waals surface area contributed by atoms with E-state index in [1.165, 1.54) is 46.4 Å². The van der Waals surface area contributed by atoms with Crippen LogP contribution in [0.4, 0.5) is 0 Å². The van der Waals surface area contributed by atoms with Crippen LogP contribution >= 0.6 is 11.8 Å². The maximum Gasteiger partial charge on any atom is 0.352 e. The monoisotopic (exact) mass is 493 g/mol. The van der Waals surface area contributed by atoms with E-state index in [9.17, 15) is 24.3 Å². The summed E-state index contributed by atoms with van der Waals surface area (Å²) in [5.74, 6) is -2.27. The molecule has 3 amide bonds. The minimum absolute atomic E-state index is 0.253. The second-order valence-electron chi connectivity index (χ2n) is 8.32. The topological polar surface area (TPSA) is 125 Å². The molecule has 8 nitrogen and oxygen atoms in total. The molecule has 0 spiro atoms. The molecule has 0 aromatic heterocycles. The van der Waals surface area contributed by atoms with Crippen LogP contribution in [-0.2, 0) is 19.2 Å². The fourth-order valence-electron chi connectivity index (χ4n) is 2.48. The van der Waals surface area contributed by atoms with Crippen molar-refractivity contribution < 1.29 is 24.3 Å². The number of carboxylic acids is 1. The molecule has 190 valence electrons. The fourth-order valence-corrected chi connectivity index (χ4v) is 3.28. The number of allylic oxidation sites excluding steroid dienone is 5. The third kappa shape index (κ3) is 16.8.